The van der Waals surface area contributed by atoms with Crippen LogP contribution in [-0.4, -0.2) is 26.6 Å². The second-order valence-electron chi connectivity index (χ2n) is 2.87. The van der Waals surface area contributed by atoms with Crippen LogP contribution in [0.3, 0.4) is 0 Å². The monoisotopic (exact) mass is 261 g/mol. The molecule has 1 aromatic rings. The van der Waals surface area contributed by atoms with Gasteiger partial charge in [0, 0.05) is 18.1 Å². The molecular weight excluding hydrogens is 254 g/mol. The maximum absolute atomic E-state index is 11.5. The van der Waals surface area contributed by atoms with Gasteiger partial charge >= 0.3 is 0 Å². The van der Waals surface area contributed by atoms with Crippen LogP contribution in [0.15, 0.2) is 0 Å². The lowest BCUT2D eigenvalue weighted by Gasteiger charge is -2.09. The Labute approximate surface area is 88.3 Å². The van der Waals surface area contributed by atoms with Gasteiger partial charge in [0.25, 0.3) is 0 Å². The van der Waals surface area contributed by atoms with E-state index in [-0.39, 0.29) is 10.7 Å². The van der Waals surface area contributed by atoms with Crippen molar-refractivity contribution in [3.8, 4) is 0 Å². The van der Waals surface area contributed by atoms with E-state index in [1.165, 1.54) is 11.5 Å². The van der Waals surface area contributed by atoms with Gasteiger partial charge in [-0.1, -0.05) is 15.9 Å². The van der Waals surface area contributed by atoms with E-state index >= 15 is 0 Å². The van der Waals surface area contributed by atoms with Gasteiger partial charge in [0.05, 0.1) is 4.83 Å². The highest BCUT2D eigenvalue weighted by Gasteiger charge is 2.32. The van der Waals surface area contributed by atoms with Crippen molar-refractivity contribution in [2.24, 2.45) is 0 Å². The fourth-order valence-corrected chi connectivity index (χ4v) is 2.39. The maximum Gasteiger partial charge on any atom is 0.242 e. The minimum absolute atomic E-state index is 0.0447. The van der Waals surface area contributed by atoms with E-state index in [1.807, 2.05) is 6.92 Å². The summed E-state index contributed by atoms with van der Waals surface area (Å²) in [5.41, 5.74) is 0. The van der Waals surface area contributed by atoms with Crippen molar-refractivity contribution in [3.63, 3.8) is 0 Å². The van der Waals surface area contributed by atoms with E-state index in [9.17, 15) is 4.79 Å². The first-order chi connectivity index (χ1) is 6.18. The predicted molar refractivity (Wildman–Crippen MR) is 54.3 cm³/mol. The van der Waals surface area contributed by atoms with Gasteiger partial charge < -0.3 is 0 Å². The average molecular weight is 262 g/mol. The van der Waals surface area contributed by atoms with Gasteiger partial charge in [-0.3, -0.25) is 9.69 Å². The predicted octanol–water partition coefficient (Wildman–Crippen LogP) is 1.35. The topological polar surface area (TPSA) is 46.1 Å². The minimum Gasteiger partial charge on any atom is -0.286 e. The van der Waals surface area contributed by atoms with Crippen LogP contribution in [0, 0.1) is 6.92 Å². The van der Waals surface area contributed by atoms with Crippen molar-refractivity contribution in [1.82, 2.24) is 9.36 Å². The van der Waals surface area contributed by atoms with Crippen molar-refractivity contribution in [3.05, 3.63) is 5.82 Å². The van der Waals surface area contributed by atoms with E-state index in [0.29, 0.717) is 5.13 Å². The van der Waals surface area contributed by atoms with Gasteiger partial charge in [-0.15, -0.1) is 0 Å². The van der Waals surface area contributed by atoms with Crippen LogP contribution in [0.1, 0.15) is 12.2 Å². The molecule has 1 saturated heterocycles. The fourth-order valence-electron chi connectivity index (χ4n) is 1.23. The summed E-state index contributed by atoms with van der Waals surface area (Å²) >= 11 is 4.59. The summed E-state index contributed by atoms with van der Waals surface area (Å²) in [4.78, 5) is 17.3. The number of halogens is 1. The molecule has 1 fully saturated rings. The SMILES string of the molecule is Cc1nsc(N2CCC(Br)C2=O)n1. The first kappa shape index (κ1) is 9.08. The molecule has 0 saturated carbocycles. The van der Waals surface area contributed by atoms with E-state index in [1.54, 1.807) is 4.90 Å². The number of alkyl halides is 1. The number of aromatic nitrogens is 2. The molecule has 1 atom stereocenters. The Morgan fingerprint density at radius 3 is 2.92 bits per heavy atom. The molecule has 1 unspecified atom stereocenters. The fraction of sp³-hybridized carbons (Fsp3) is 0.571. The lowest BCUT2D eigenvalue weighted by molar-refractivity contribution is -0.116. The van der Waals surface area contributed by atoms with E-state index < -0.39 is 0 Å². The Morgan fingerprint density at radius 2 is 2.46 bits per heavy atom. The summed E-state index contributed by atoms with van der Waals surface area (Å²) in [5, 5.41) is 0.712. The molecule has 6 heteroatoms. The first-order valence-corrected chi connectivity index (χ1v) is 5.63. The summed E-state index contributed by atoms with van der Waals surface area (Å²) in [6.07, 6.45) is 0.845. The molecular formula is C7H8BrN3OS. The van der Waals surface area contributed by atoms with Gasteiger partial charge in [-0.2, -0.15) is 4.37 Å². The maximum atomic E-state index is 11.5. The second kappa shape index (κ2) is 3.34. The zero-order valence-electron chi connectivity index (χ0n) is 7.03. The lowest BCUT2D eigenvalue weighted by atomic mass is 10.4. The number of hydrogen-bond donors (Lipinski definition) is 0. The van der Waals surface area contributed by atoms with Gasteiger partial charge in [0.1, 0.15) is 5.82 Å². The summed E-state index contributed by atoms with van der Waals surface area (Å²) in [7, 11) is 0. The number of amides is 1. The van der Waals surface area contributed by atoms with Gasteiger partial charge in [0.2, 0.25) is 11.0 Å². The molecule has 1 aromatic heterocycles. The van der Waals surface area contributed by atoms with Gasteiger partial charge in [0.15, 0.2) is 0 Å². The molecule has 1 amide bonds. The molecule has 4 nitrogen and oxygen atoms in total. The highest BCUT2D eigenvalue weighted by atomic mass is 79.9. The molecule has 70 valence electrons. The number of nitrogens with zero attached hydrogens (tertiary/aromatic N) is 3. The number of rotatable bonds is 1. The van der Waals surface area contributed by atoms with Crippen LogP contribution in [0.2, 0.25) is 0 Å². The average Bonchev–Trinajstić information content (AvgIpc) is 2.62. The van der Waals surface area contributed by atoms with Crippen LogP contribution < -0.4 is 4.90 Å². The third-order valence-electron chi connectivity index (χ3n) is 1.89. The van der Waals surface area contributed by atoms with E-state index in [2.05, 4.69) is 25.3 Å². The number of aryl methyl sites for hydroxylation is 1. The molecule has 0 aliphatic carbocycles. The number of carbonyl (C=O) groups is 1. The molecule has 2 rings (SSSR count). The molecule has 0 aromatic carbocycles. The molecule has 0 bridgehead atoms. The zero-order chi connectivity index (χ0) is 9.42. The number of anilines is 1. The second-order valence-corrected chi connectivity index (χ2v) is 4.71. The van der Waals surface area contributed by atoms with Crippen molar-refractivity contribution in [2.45, 2.75) is 18.2 Å². The Balaban J connectivity index is 2.23. The standard InChI is InChI=1S/C7H8BrN3OS/c1-4-9-7(13-10-4)11-3-2-5(8)6(11)12/h5H,2-3H2,1H3. The number of carbonyl (C=O) groups excluding carboxylic acids is 1. The van der Waals surface area contributed by atoms with E-state index in [0.717, 1.165) is 18.8 Å². The highest BCUT2D eigenvalue weighted by Crippen LogP contribution is 2.26. The van der Waals surface area contributed by atoms with Crippen LogP contribution >= 0.6 is 27.5 Å². The Morgan fingerprint density at radius 1 is 1.69 bits per heavy atom. The third kappa shape index (κ3) is 1.60. The summed E-state index contributed by atoms with van der Waals surface area (Å²) in [5.74, 6) is 0.821. The molecule has 0 N–H and O–H groups in total. The molecule has 1 aliphatic heterocycles. The van der Waals surface area contributed by atoms with Crippen LogP contribution in [0.5, 0.6) is 0 Å². The Hall–Kier alpha value is -0.490. The zero-order valence-corrected chi connectivity index (χ0v) is 9.43. The highest BCUT2D eigenvalue weighted by molar-refractivity contribution is 9.10. The third-order valence-corrected chi connectivity index (χ3v) is 3.57. The molecule has 2 heterocycles. The lowest BCUT2D eigenvalue weighted by Crippen LogP contribution is -2.26. The Bertz CT molecular complexity index is 340. The summed E-state index contributed by atoms with van der Waals surface area (Å²) in [6.45, 7) is 2.57. The minimum atomic E-state index is -0.0447. The van der Waals surface area contributed by atoms with Crippen molar-refractivity contribution < 1.29 is 4.79 Å². The van der Waals surface area contributed by atoms with Crippen LogP contribution in [0.25, 0.3) is 0 Å². The number of hydrogen-bond acceptors (Lipinski definition) is 4. The van der Waals surface area contributed by atoms with Crippen molar-refractivity contribution in [2.75, 3.05) is 11.4 Å². The first-order valence-electron chi connectivity index (χ1n) is 3.94. The molecule has 13 heavy (non-hydrogen) atoms. The van der Waals surface area contributed by atoms with E-state index in [4.69, 9.17) is 0 Å². The molecule has 0 radical (unpaired) electrons. The van der Waals surface area contributed by atoms with Gasteiger partial charge in [-0.25, -0.2) is 4.98 Å². The van der Waals surface area contributed by atoms with Crippen LogP contribution in [0.4, 0.5) is 5.13 Å². The van der Waals surface area contributed by atoms with Crippen molar-refractivity contribution in [1.29, 1.82) is 0 Å². The normalized spacial score (nSPS) is 22.8. The summed E-state index contributed by atoms with van der Waals surface area (Å²) in [6, 6.07) is 0. The van der Waals surface area contributed by atoms with Crippen LogP contribution in [-0.2, 0) is 4.79 Å². The summed E-state index contributed by atoms with van der Waals surface area (Å²) < 4.78 is 4.04. The van der Waals surface area contributed by atoms with Crippen molar-refractivity contribution >= 4 is 38.5 Å². The molecule has 1 aliphatic rings. The molecule has 0 spiro atoms. The Kier molecular flexibility index (Phi) is 2.33. The largest absolute Gasteiger partial charge is 0.286 e. The smallest absolute Gasteiger partial charge is 0.242 e. The quantitative estimate of drug-likeness (QED) is 0.717. The van der Waals surface area contributed by atoms with Gasteiger partial charge in [-0.05, 0) is 13.3 Å².